The molecule has 4 nitrogen and oxygen atoms in total. The van der Waals surface area contributed by atoms with Gasteiger partial charge >= 0.3 is 0 Å². The maximum absolute atomic E-state index is 8.93. The van der Waals surface area contributed by atoms with Gasteiger partial charge in [0.05, 0.1) is 11.1 Å². The number of aliphatic hydroxyl groups is 1. The number of aromatic nitrogens is 2. The first-order valence-corrected chi connectivity index (χ1v) is 7.42. The fraction of sp³-hybridized carbons (Fsp3) is 0.455. The predicted molar refractivity (Wildman–Crippen MR) is 74.2 cm³/mol. The van der Waals surface area contributed by atoms with E-state index in [1.165, 1.54) is 0 Å². The van der Waals surface area contributed by atoms with Gasteiger partial charge in [-0.3, -0.25) is 0 Å². The van der Waals surface area contributed by atoms with Crippen LogP contribution < -0.4 is 5.73 Å². The van der Waals surface area contributed by atoms with Crippen molar-refractivity contribution < 1.29 is 5.11 Å². The van der Waals surface area contributed by atoms with Crippen LogP contribution >= 0.6 is 23.1 Å². The van der Waals surface area contributed by atoms with E-state index in [-0.39, 0.29) is 6.61 Å². The standard InChI is InChI=1S/C11H15N3OS2/c1-7(4-15)5-16-6-9-13-10(12)8-2-3-17-11(8)14-9/h2-3,7,15H,4-6H2,1H3,(H2,12,13,14). The number of rotatable bonds is 5. The highest BCUT2D eigenvalue weighted by atomic mass is 32.2. The van der Waals surface area contributed by atoms with E-state index in [4.69, 9.17) is 10.8 Å². The van der Waals surface area contributed by atoms with Gasteiger partial charge in [-0.1, -0.05) is 6.92 Å². The van der Waals surface area contributed by atoms with Crippen LogP contribution in [0.3, 0.4) is 0 Å². The lowest BCUT2D eigenvalue weighted by Crippen LogP contribution is -2.04. The SMILES string of the molecule is CC(CO)CSCc1nc(N)c2ccsc2n1. The maximum Gasteiger partial charge on any atom is 0.142 e. The van der Waals surface area contributed by atoms with Gasteiger partial charge in [-0.05, 0) is 23.1 Å². The smallest absolute Gasteiger partial charge is 0.142 e. The summed E-state index contributed by atoms with van der Waals surface area (Å²) in [7, 11) is 0. The molecule has 0 saturated carbocycles. The third-order valence-corrected chi connectivity index (χ3v) is 4.42. The molecular weight excluding hydrogens is 254 g/mol. The van der Waals surface area contributed by atoms with Gasteiger partial charge < -0.3 is 10.8 Å². The van der Waals surface area contributed by atoms with E-state index in [9.17, 15) is 0 Å². The van der Waals surface area contributed by atoms with Crippen molar-refractivity contribution in [2.45, 2.75) is 12.7 Å². The molecule has 3 N–H and O–H groups in total. The molecule has 17 heavy (non-hydrogen) atoms. The predicted octanol–water partition coefficient (Wildman–Crippen LogP) is 2.14. The molecule has 0 spiro atoms. The summed E-state index contributed by atoms with van der Waals surface area (Å²) in [4.78, 5) is 9.70. The first kappa shape index (κ1) is 12.6. The molecule has 2 aromatic heterocycles. The van der Waals surface area contributed by atoms with E-state index in [1.54, 1.807) is 23.1 Å². The van der Waals surface area contributed by atoms with E-state index in [0.717, 1.165) is 27.5 Å². The second kappa shape index (κ2) is 5.66. The first-order chi connectivity index (χ1) is 8.20. The van der Waals surface area contributed by atoms with Gasteiger partial charge in [0.15, 0.2) is 0 Å². The van der Waals surface area contributed by atoms with Crippen LogP contribution in [0.1, 0.15) is 12.7 Å². The van der Waals surface area contributed by atoms with Crippen LogP contribution in [0.25, 0.3) is 10.2 Å². The lowest BCUT2D eigenvalue weighted by molar-refractivity contribution is 0.250. The second-order valence-electron chi connectivity index (χ2n) is 3.97. The van der Waals surface area contributed by atoms with Gasteiger partial charge in [0.2, 0.25) is 0 Å². The van der Waals surface area contributed by atoms with Gasteiger partial charge in [0.1, 0.15) is 16.5 Å². The largest absolute Gasteiger partial charge is 0.396 e. The molecule has 2 aromatic rings. The molecule has 92 valence electrons. The molecule has 0 aliphatic heterocycles. The van der Waals surface area contributed by atoms with Crippen LogP contribution in [0.5, 0.6) is 0 Å². The molecule has 1 atom stereocenters. The average Bonchev–Trinajstić information content (AvgIpc) is 2.77. The molecule has 2 rings (SSSR count). The second-order valence-corrected chi connectivity index (χ2v) is 5.89. The summed E-state index contributed by atoms with van der Waals surface area (Å²) in [5.41, 5.74) is 5.87. The summed E-state index contributed by atoms with van der Waals surface area (Å²) in [6.07, 6.45) is 0. The van der Waals surface area contributed by atoms with Crippen LogP contribution in [0.15, 0.2) is 11.4 Å². The summed E-state index contributed by atoms with van der Waals surface area (Å²) in [5, 5.41) is 11.8. The minimum atomic E-state index is 0.222. The molecule has 0 amide bonds. The van der Waals surface area contributed by atoms with Crippen LogP contribution in [0, 0.1) is 5.92 Å². The van der Waals surface area contributed by atoms with Crippen LogP contribution in [0.2, 0.25) is 0 Å². The minimum absolute atomic E-state index is 0.222. The van der Waals surface area contributed by atoms with E-state index in [2.05, 4.69) is 9.97 Å². The van der Waals surface area contributed by atoms with Gasteiger partial charge in [0.25, 0.3) is 0 Å². The van der Waals surface area contributed by atoms with E-state index in [1.807, 2.05) is 18.4 Å². The molecule has 0 saturated heterocycles. The van der Waals surface area contributed by atoms with Crippen molar-refractivity contribution in [1.82, 2.24) is 9.97 Å². The third-order valence-electron chi connectivity index (χ3n) is 2.35. The summed E-state index contributed by atoms with van der Waals surface area (Å²) >= 11 is 3.30. The molecule has 0 bridgehead atoms. The zero-order chi connectivity index (χ0) is 12.3. The van der Waals surface area contributed by atoms with Gasteiger partial charge in [0, 0.05) is 6.61 Å². The molecule has 0 aromatic carbocycles. The fourth-order valence-corrected chi connectivity index (χ4v) is 3.12. The Labute approximate surface area is 108 Å². The number of thioether (sulfide) groups is 1. The Kier molecular flexibility index (Phi) is 4.20. The Morgan fingerprint density at radius 2 is 2.35 bits per heavy atom. The number of nitrogens with zero attached hydrogens (tertiary/aromatic N) is 2. The zero-order valence-corrected chi connectivity index (χ0v) is 11.2. The Morgan fingerprint density at radius 1 is 1.53 bits per heavy atom. The quantitative estimate of drug-likeness (QED) is 0.870. The lowest BCUT2D eigenvalue weighted by Gasteiger charge is -2.06. The molecular formula is C11H15N3OS2. The fourth-order valence-electron chi connectivity index (χ4n) is 1.39. The molecule has 0 radical (unpaired) electrons. The van der Waals surface area contributed by atoms with Crippen molar-refractivity contribution in [3.05, 3.63) is 17.3 Å². The molecule has 0 aliphatic carbocycles. The minimum Gasteiger partial charge on any atom is -0.396 e. The monoisotopic (exact) mass is 269 g/mol. The van der Waals surface area contributed by atoms with Crippen molar-refractivity contribution >= 4 is 39.1 Å². The summed E-state index contributed by atoms with van der Waals surface area (Å²) in [6.45, 7) is 2.24. The summed E-state index contributed by atoms with van der Waals surface area (Å²) in [6, 6.07) is 1.94. The van der Waals surface area contributed by atoms with Crippen LogP contribution in [-0.2, 0) is 5.75 Å². The Bertz CT molecular complexity index is 500. The molecule has 0 aliphatic rings. The molecule has 2 heterocycles. The maximum atomic E-state index is 8.93. The number of nitrogen functional groups attached to an aromatic ring is 1. The topological polar surface area (TPSA) is 72.0 Å². The normalized spacial score (nSPS) is 13.1. The van der Waals surface area contributed by atoms with Crippen LogP contribution in [0.4, 0.5) is 5.82 Å². The summed E-state index contributed by atoms with van der Waals surface area (Å²) < 4.78 is 0. The first-order valence-electron chi connectivity index (χ1n) is 5.39. The summed E-state index contributed by atoms with van der Waals surface area (Å²) in [5.74, 6) is 3.28. The van der Waals surface area contributed by atoms with Crippen LogP contribution in [-0.4, -0.2) is 27.4 Å². The van der Waals surface area contributed by atoms with Crippen molar-refractivity contribution in [1.29, 1.82) is 0 Å². The highest BCUT2D eigenvalue weighted by Gasteiger charge is 2.07. The number of aliphatic hydroxyl groups excluding tert-OH is 1. The van der Waals surface area contributed by atoms with Gasteiger partial charge in [-0.25, -0.2) is 9.97 Å². The number of anilines is 1. The Hall–Kier alpha value is -0.850. The van der Waals surface area contributed by atoms with Crippen molar-refractivity contribution in [3.63, 3.8) is 0 Å². The number of thiophene rings is 1. The van der Waals surface area contributed by atoms with Crippen molar-refractivity contribution in [3.8, 4) is 0 Å². The molecule has 6 heteroatoms. The van der Waals surface area contributed by atoms with E-state index in [0.29, 0.717) is 11.7 Å². The number of nitrogens with two attached hydrogens (primary N) is 1. The number of fused-ring (bicyclic) bond motifs is 1. The van der Waals surface area contributed by atoms with Crippen molar-refractivity contribution in [2.75, 3.05) is 18.1 Å². The average molecular weight is 269 g/mol. The third kappa shape index (κ3) is 3.08. The zero-order valence-electron chi connectivity index (χ0n) is 9.59. The van der Waals surface area contributed by atoms with Gasteiger partial charge in [-0.15, -0.1) is 11.3 Å². The lowest BCUT2D eigenvalue weighted by atomic mass is 10.2. The number of hydrogen-bond acceptors (Lipinski definition) is 6. The van der Waals surface area contributed by atoms with Gasteiger partial charge in [-0.2, -0.15) is 11.8 Å². The highest BCUT2D eigenvalue weighted by molar-refractivity contribution is 7.98. The molecule has 1 unspecified atom stereocenters. The Balaban J connectivity index is 2.03. The van der Waals surface area contributed by atoms with E-state index >= 15 is 0 Å². The van der Waals surface area contributed by atoms with E-state index < -0.39 is 0 Å². The van der Waals surface area contributed by atoms with Crippen molar-refractivity contribution in [2.24, 2.45) is 5.92 Å². The Morgan fingerprint density at radius 3 is 3.12 bits per heavy atom. The number of hydrogen-bond donors (Lipinski definition) is 2. The molecule has 0 fully saturated rings. The highest BCUT2D eigenvalue weighted by Crippen LogP contribution is 2.24.